The molecule has 0 heterocycles. The molecule has 30 heavy (non-hydrogen) atoms. The number of nitrogens with zero attached hydrogens (tertiary/aromatic N) is 3. The highest BCUT2D eigenvalue weighted by atomic mass is 16.5. The minimum atomic E-state index is 0.598. The van der Waals surface area contributed by atoms with E-state index in [9.17, 15) is 0 Å². The average molecular weight is 415 g/mol. The Morgan fingerprint density at radius 1 is 0.767 bits per heavy atom. The molecule has 0 amide bonds. The largest absolute Gasteiger partial charge is 0.494 e. The van der Waals surface area contributed by atoms with Gasteiger partial charge < -0.3 is 26.3 Å². The Balaban J connectivity index is 1.66. The van der Waals surface area contributed by atoms with Crippen molar-refractivity contribution in [3.05, 3.63) is 48.5 Å². The zero-order chi connectivity index (χ0) is 21.4. The first-order valence-corrected chi connectivity index (χ1v) is 10.5. The van der Waals surface area contributed by atoms with Crippen LogP contribution >= 0.6 is 0 Å². The molecule has 0 aliphatic heterocycles. The molecule has 2 rings (SSSR count). The summed E-state index contributed by atoms with van der Waals surface area (Å²) in [7, 11) is 0. The Morgan fingerprint density at radius 2 is 1.30 bits per heavy atom. The van der Waals surface area contributed by atoms with Crippen molar-refractivity contribution >= 4 is 11.4 Å². The van der Waals surface area contributed by atoms with E-state index in [1.807, 2.05) is 55.5 Å². The summed E-state index contributed by atoms with van der Waals surface area (Å²) in [5, 5.41) is 11.9. The number of nitrogens with one attached hydrogen (secondary N) is 1. The molecule has 0 fully saturated rings. The fourth-order valence-corrected chi connectivity index (χ4v) is 2.80. The van der Waals surface area contributed by atoms with Gasteiger partial charge in [-0.05, 0) is 55.5 Å². The zero-order valence-electron chi connectivity index (χ0n) is 17.8. The molecule has 0 saturated carbocycles. The molecule has 0 unspecified atom stereocenters. The Bertz CT molecular complexity index is 715. The van der Waals surface area contributed by atoms with E-state index in [-0.39, 0.29) is 0 Å². The molecular weight excluding hydrogens is 380 g/mol. The first kappa shape index (κ1) is 23.8. The van der Waals surface area contributed by atoms with Crippen LogP contribution in [0.15, 0.2) is 58.8 Å². The third-order valence-electron chi connectivity index (χ3n) is 4.31. The van der Waals surface area contributed by atoms with Crippen molar-refractivity contribution in [1.82, 2.24) is 10.2 Å². The number of ether oxygens (including phenoxy) is 2. The van der Waals surface area contributed by atoms with E-state index in [2.05, 4.69) is 20.4 Å². The van der Waals surface area contributed by atoms with Gasteiger partial charge in [-0.3, -0.25) is 4.90 Å². The summed E-state index contributed by atoms with van der Waals surface area (Å²) in [6, 6.07) is 15.1. The summed E-state index contributed by atoms with van der Waals surface area (Å²) >= 11 is 0. The first-order valence-electron chi connectivity index (χ1n) is 10.5. The van der Waals surface area contributed by atoms with Gasteiger partial charge in [-0.15, -0.1) is 0 Å². The quantitative estimate of drug-likeness (QED) is 0.305. The lowest BCUT2D eigenvalue weighted by molar-refractivity contribution is 0.276. The molecule has 0 aliphatic rings. The third kappa shape index (κ3) is 9.32. The van der Waals surface area contributed by atoms with Gasteiger partial charge in [0.15, 0.2) is 0 Å². The smallest absolute Gasteiger partial charge is 0.119 e. The van der Waals surface area contributed by atoms with Crippen molar-refractivity contribution in [3.8, 4) is 11.5 Å². The van der Waals surface area contributed by atoms with Crippen LogP contribution in [0, 0.1) is 0 Å². The van der Waals surface area contributed by atoms with Crippen LogP contribution in [0.2, 0.25) is 0 Å². The number of nitrogens with two attached hydrogens (primary N) is 2. The number of azo groups is 1. The maximum absolute atomic E-state index is 5.76. The van der Waals surface area contributed by atoms with Gasteiger partial charge in [0.1, 0.15) is 18.1 Å². The predicted octanol–water partition coefficient (Wildman–Crippen LogP) is 2.69. The van der Waals surface area contributed by atoms with Crippen LogP contribution in [0.4, 0.5) is 11.4 Å². The second-order valence-electron chi connectivity index (χ2n) is 6.64. The molecule has 2 aromatic rings. The van der Waals surface area contributed by atoms with Crippen LogP contribution in [-0.4, -0.2) is 63.9 Å². The summed E-state index contributed by atoms with van der Waals surface area (Å²) in [5.41, 5.74) is 12.8. The topological polar surface area (TPSA) is 110 Å². The lowest BCUT2D eigenvalue weighted by Gasteiger charge is -2.20. The van der Waals surface area contributed by atoms with Gasteiger partial charge in [0.2, 0.25) is 0 Å². The normalized spacial score (nSPS) is 11.3. The number of benzene rings is 2. The van der Waals surface area contributed by atoms with Crippen molar-refractivity contribution in [2.75, 3.05) is 59.0 Å². The Kier molecular flexibility index (Phi) is 11.5. The monoisotopic (exact) mass is 414 g/mol. The van der Waals surface area contributed by atoms with Crippen molar-refractivity contribution in [2.45, 2.75) is 6.92 Å². The average Bonchev–Trinajstić information content (AvgIpc) is 2.77. The SMILES string of the molecule is CCOc1ccc(N=Nc2ccc(OCCNCCN(CCN)CCN)cc2)cc1. The van der Waals surface area contributed by atoms with E-state index < -0.39 is 0 Å². The summed E-state index contributed by atoms with van der Waals surface area (Å²) in [5.74, 6) is 1.64. The zero-order valence-corrected chi connectivity index (χ0v) is 17.8. The molecule has 0 bridgehead atoms. The molecule has 0 spiro atoms. The molecule has 8 heteroatoms. The lowest BCUT2D eigenvalue weighted by atomic mass is 10.3. The number of hydrogen-bond donors (Lipinski definition) is 3. The highest BCUT2D eigenvalue weighted by Crippen LogP contribution is 2.23. The lowest BCUT2D eigenvalue weighted by Crippen LogP contribution is -2.39. The van der Waals surface area contributed by atoms with E-state index in [4.69, 9.17) is 20.9 Å². The van der Waals surface area contributed by atoms with Crippen molar-refractivity contribution in [1.29, 1.82) is 0 Å². The molecule has 0 aromatic heterocycles. The summed E-state index contributed by atoms with van der Waals surface area (Å²) < 4.78 is 11.2. The van der Waals surface area contributed by atoms with Crippen LogP contribution in [0.25, 0.3) is 0 Å². The van der Waals surface area contributed by atoms with Crippen LogP contribution in [0.5, 0.6) is 11.5 Å². The van der Waals surface area contributed by atoms with Gasteiger partial charge in [-0.1, -0.05) is 0 Å². The Labute approximate surface area is 179 Å². The molecular formula is C22H34N6O2. The molecule has 5 N–H and O–H groups in total. The second kappa shape index (κ2) is 14.5. The number of rotatable bonds is 15. The fourth-order valence-electron chi connectivity index (χ4n) is 2.80. The maximum atomic E-state index is 5.76. The maximum Gasteiger partial charge on any atom is 0.119 e. The summed E-state index contributed by atoms with van der Waals surface area (Å²) in [6.07, 6.45) is 0. The minimum Gasteiger partial charge on any atom is -0.494 e. The van der Waals surface area contributed by atoms with Crippen molar-refractivity contribution in [2.24, 2.45) is 21.7 Å². The van der Waals surface area contributed by atoms with E-state index in [0.29, 0.717) is 26.3 Å². The fraction of sp³-hybridized carbons (Fsp3) is 0.455. The summed E-state index contributed by atoms with van der Waals surface area (Å²) in [6.45, 7) is 8.84. The Morgan fingerprint density at radius 3 is 1.80 bits per heavy atom. The molecule has 0 atom stereocenters. The molecule has 0 saturated heterocycles. The summed E-state index contributed by atoms with van der Waals surface area (Å²) in [4.78, 5) is 2.26. The van der Waals surface area contributed by atoms with Crippen LogP contribution < -0.4 is 26.3 Å². The first-order chi connectivity index (χ1) is 14.7. The van der Waals surface area contributed by atoms with Gasteiger partial charge in [-0.2, -0.15) is 10.2 Å². The van der Waals surface area contributed by atoms with Crippen LogP contribution in [0.1, 0.15) is 6.92 Å². The van der Waals surface area contributed by atoms with Crippen LogP contribution in [0.3, 0.4) is 0 Å². The van der Waals surface area contributed by atoms with Crippen molar-refractivity contribution < 1.29 is 9.47 Å². The third-order valence-corrected chi connectivity index (χ3v) is 4.31. The highest BCUT2D eigenvalue weighted by Gasteiger charge is 2.02. The van der Waals surface area contributed by atoms with Crippen molar-refractivity contribution in [3.63, 3.8) is 0 Å². The molecule has 0 radical (unpaired) electrons. The molecule has 8 nitrogen and oxygen atoms in total. The van der Waals surface area contributed by atoms with Crippen LogP contribution in [-0.2, 0) is 0 Å². The standard InChI is InChI=1S/C22H34N6O2/c1-2-29-21-7-3-19(4-8-21)26-27-20-5-9-22(10-6-20)30-18-14-25-13-17-28(15-11-23)16-12-24/h3-10,25H,2,11-18,23-24H2,1H3. The van der Waals surface area contributed by atoms with E-state index in [1.54, 1.807) is 0 Å². The predicted molar refractivity (Wildman–Crippen MR) is 121 cm³/mol. The van der Waals surface area contributed by atoms with Gasteiger partial charge in [-0.25, -0.2) is 0 Å². The van der Waals surface area contributed by atoms with Gasteiger partial charge >= 0.3 is 0 Å². The highest BCUT2D eigenvalue weighted by molar-refractivity contribution is 5.44. The molecule has 2 aromatic carbocycles. The van der Waals surface area contributed by atoms with Gasteiger partial charge in [0.25, 0.3) is 0 Å². The number of hydrogen-bond acceptors (Lipinski definition) is 8. The molecule has 164 valence electrons. The van der Waals surface area contributed by atoms with Gasteiger partial charge in [0, 0.05) is 45.8 Å². The minimum absolute atomic E-state index is 0.598. The molecule has 0 aliphatic carbocycles. The second-order valence-corrected chi connectivity index (χ2v) is 6.64. The van der Waals surface area contributed by atoms with E-state index in [1.165, 1.54) is 0 Å². The van der Waals surface area contributed by atoms with E-state index in [0.717, 1.165) is 55.6 Å². The Hall–Kier alpha value is -2.52. The van der Waals surface area contributed by atoms with Gasteiger partial charge in [0.05, 0.1) is 18.0 Å². The van der Waals surface area contributed by atoms with E-state index >= 15 is 0 Å².